The van der Waals surface area contributed by atoms with E-state index in [0.717, 1.165) is 6.07 Å². The normalized spacial score (nSPS) is 13.0. The standard InChI is InChI=1S/C10H16N4O4S/c1-7(12-2)6-13-9-4-3-8(19(11,17)18)5-10(9)14(15)16/h3-5,7,12-13H,6H2,1-2H3,(H2,11,17,18). The zero-order chi connectivity index (χ0) is 14.6. The maximum absolute atomic E-state index is 11.2. The molecular weight excluding hydrogens is 272 g/mol. The maximum Gasteiger partial charge on any atom is 0.293 e. The van der Waals surface area contributed by atoms with Gasteiger partial charge < -0.3 is 10.6 Å². The smallest absolute Gasteiger partial charge is 0.293 e. The van der Waals surface area contributed by atoms with Gasteiger partial charge in [0.25, 0.3) is 5.69 Å². The van der Waals surface area contributed by atoms with Crippen LogP contribution in [-0.4, -0.2) is 33.0 Å². The first-order valence-corrected chi connectivity index (χ1v) is 7.02. The second-order valence-corrected chi connectivity index (χ2v) is 5.61. The van der Waals surface area contributed by atoms with Gasteiger partial charge in [0.2, 0.25) is 10.0 Å². The lowest BCUT2D eigenvalue weighted by Crippen LogP contribution is -2.29. The summed E-state index contributed by atoms with van der Waals surface area (Å²) in [6.07, 6.45) is 0. The average molecular weight is 288 g/mol. The molecular formula is C10H16N4O4S. The van der Waals surface area contributed by atoms with E-state index >= 15 is 0 Å². The Morgan fingerprint density at radius 2 is 2.11 bits per heavy atom. The Morgan fingerprint density at radius 1 is 1.47 bits per heavy atom. The average Bonchev–Trinajstić information content (AvgIpc) is 2.34. The fourth-order valence-corrected chi connectivity index (χ4v) is 1.89. The van der Waals surface area contributed by atoms with Crippen LogP contribution in [0.1, 0.15) is 6.92 Å². The molecule has 0 aliphatic carbocycles. The summed E-state index contributed by atoms with van der Waals surface area (Å²) in [5.41, 5.74) is -0.0747. The first-order chi connectivity index (χ1) is 8.75. The van der Waals surface area contributed by atoms with E-state index in [1.54, 1.807) is 7.05 Å². The maximum atomic E-state index is 11.2. The zero-order valence-electron chi connectivity index (χ0n) is 10.6. The van der Waals surface area contributed by atoms with Crippen molar-refractivity contribution < 1.29 is 13.3 Å². The van der Waals surface area contributed by atoms with Crippen molar-refractivity contribution in [3.63, 3.8) is 0 Å². The Balaban J connectivity index is 3.09. The van der Waals surface area contributed by atoms with Gasteiger partial charge >= 0.3 is 0 Å². The number of nitro groups is 1. The number of hydrogen-bond donors (Lipinski definition) is 3. The Hall–Kier alpha value is -1.71. The highest BCUT2D eigenvalue weighted by Crippen LogP contribution is 2.26. The highest BCUT2D eigenvalue weighted by molar-refractivity contribution is 7.89. The van der Waals surface area contributed by atoms with Crippen molar-refractivity contribution >= 4 is 21.4 Å². The van der Waals surface area contributed by atoms with Crippen LogP contribution in [0.3, 0.4) is 0 Å². The van der Waals surface area contributed by atoms with Crippen LogP contribution in [-0.2, 0) is 10.0 Å². The molecule has 106 valence electrons. The predicted octanol–water partition coefficient (Wildman–Crippen LogP) is 0.262. The summed E-state index contributed by atoms with van der Waals surface area (Å²) >= 11 is 0. The van der Waals surface area contributed by atoms with Gasteiger partial charge in [-0.2, -0.15) is 0 Å². The van der Waals surface area contributed by atoms with Gasteiger partial charge in [-0.25, -0.2) is 13.6 Å². The van der Waals surface area contributed by atoms with Crippen molar-refractivity contribution in [3.8, 4) is 0 Å². The predicted molar refractivity (Wildman–Crippen MR) is 71.5 cm³/mol. The molecule has 0 saturated heterocycles. The Morgan fingerprint density at radius 3 is 2.58 bits per heavy atom. The third-order valence-electron chi connectivity index (χ3n) is 2.59. The van der Waals surface area contributed by atoms with Gasteiger partial charge in [0, 0.05) is 18.7 Å². The summed E-state index contributed by atoms with van der Waals surface area (Å²) in [6, 6.07) is 3.62. The fraction of sp³-hybridized carbons (Fsp3) is 0.400. The Kier molecular flexibility index (Phi) is 4.81. The molecule has 0 bridgehead atoms. The molecule has 8 nitrogen and oxygen atoms in total. The molecule has 1 aromatic carbocycles. The van der Waals surface area contributed by atoms with Gasteiger partial charge in [-0.1, -0.05) is 0 Å². The third kappa shape index (κ3) is 4.16. The highest BCUT2D eigenvalue weighted by Gasteiger charge is 2.19. The number of nitrogens with two attached hydrogens (primary N) is 1. The fourth-order valence-electron chi connectivity index (χ4n) is 1.35. The molecule has 0 fully saturated rings. The third-order valence-corrected chi connectivity index (χ3v) is 3.50. The molecule has 0 amide bonds. The van der Waals surface area contributed by atoms with Gasteiger partial charge in [0.05, 0.1) is 9.82 Å². The molecule has 1 unspecified atom stereocenters. The second kappa shape index (κ2) is 5.95. The molecule has 1 aromatic rings. The topological polar surface area (TPSA) is 127 Å². The molecule has 0 aromatic heterocycles. The molecule has 0 spiro atoms. The van der Waals surface area contributed by atoms with E-state index in [1.807, 2.05) is 6.92 Å². The van der Waals surface area contributed by atoms with Gasteiger partial charge in [-0.05, 0) is 26.1 Å². The molecule has 9 heteroatoms. The Bertz CT molecular complexity index is 573. The molecule has 0 radical (unpaired) electrons. The number of rotatable bonds is 6. The van der Waals surface area contributed by atoms with Crippen molar-refractivity contribution in [3.05, 3.63) is 28.3 Å². The number of likely N-dealkylation sites (N-methyl/N-ethyl adjacent to an activating group) is 1. The van der Waals surface area contributed by atoms with Crippen molar-refractivity contribution in [1.29, 1.82) is 0 Å². The lowest BCUT2D eigenvalue weighted by molar-refractivity contribution is -0.384. The summed E-state index contributed by atoms with van der Waals surface area (Å²) < 4.78 is 22.3. The minimum absolute atomic E-state index is 0.109. The van der Waals surface area contributed by atoms with Crippen LogP contribution in [0.15, 0.2) is 23.1 Å². The van der Waals surface area contributed by atoms with Gasteiger partial charge in [0.15, 0.2) is 0 Å². The number of primary sulfonamides is 1. The number of sulfonamides is 1. The minimum atomic E-state index is -3.96. The molecule has 0 heterocycles. The molecule has 1 atom stereocenters. The van der Waals surface area contributed by atoms with Crippen LogP contribution in [0.25, 0.3) is 0 Å². The van der Waals surface area contributed by atoms with Crippen LogP contribution in [0.2, 0.25) is 0 Å². The number of benzene rings is 1. The number of hydrogen-bond acceptors (Lipinski definition) is 6. The molecule has 0 saturated carbocycles. The number of anilines is 1. The van der Waals surface area contributed by atoms with Crippen LogP contribution in [0.4, 0.5) is 11.4 Å². The quantitative estimate of drug-likeness (QED) is 0.509. The zero-order valence-corrected chi connectivity index (χ0v) is 11.4. The van der Waals surface area contributed by atoms with Crippen molar-refractivity contribution in [1.82, 2.24) is 5.32 Å². The van der Waals surface area contributed by atoms with Gasteiger partial charge in [-0.3, -0.25) is 10.1 Å². The van der Waals surface area contributed by atoms with Crippen LogP contribution >= 0.6 is 0 Å². The highest BCUT2D eigenvalue weighted by atomic mass is 32.2. The summed E-state index contributed by atoms with van der Waals surface area (Å²) in [4.78, 5) is 9.99. The SMILES string of the molecule is CNC(C)CNc1ccc(S(N)(=O)=O)cc1[N+](=O)[O-]. The first-order valence-electron chi connectivity index (χ1n) is 5.48. The summed E-state index contributed by atoms with van der Waals surface area (Å²) in [5.74, 6) is 0. The van der Waals surface area contributed by atoms with Crippen molar-refractivity contribution in [2.45, 2.75) is 17.9 Å². The van der Waals surface area contributed by atoms with E-state index in [0.29, 0.717) is 6.54 Å². The lowest BCUT2D eigenvalue weighted by atomic mass is 10.2. The molecule has 4 N–H and O–H groups in total. The van der Waals surface area contributed by atoms with E-state index in [4.69, 9.17) is 5.14 Å². The summed E-state index contributed by atoms with van der Waals surface area (Å²) in [6.45, 7) is 2.36. The van der Waals surface area contributed by atoms with Crippen LogP contribution in [0, 0.1) is 10.1 Å². The minimum Gasteiger partial charge on any atom is -0.378 e. The van der Waals surface area contributed by atoms with Gasteiger partial charge in [0.1, 0.15) is 5.69 Å². The van der Waals surface area contributed by atoms with E-state index in [2.05, 4.69) is 10.6 Å². The number of nitrogens with zero attached hydrogens (tertiary/aromatic N) is 1. The van der Waals surface area contributed by atoms with Crippen LogP contribution in [0.5, 0.6) is 0 Å². The molecule has 0 aliphatic rings. The van der Waals surface area contributed by atoms with Crippen LogP contribution < -0.4 is 15.8 Å². The first kappa shape index (κ1) is 15.3. The monoisotopic (exact) mass is 288 g/mol. The van der Waals surface area contributed by atoms with Gasteiger partial charge in [-0.15, -0.1) is 0 Å². The Labute approximate surface area is 111 Å². The van der Waals surface area contributed by atoms with E-state index in [9.17, 15) is 18.5 Å². The van der Waals surface area contributed by atoms with E-state index < -0.39 is 14.9 Å². The van der Waals surface area contributed by atoms with Crippen molar-refractivity contribution in [2.24, 2.45) is 5.14 Å². The summed E-state index contributed by atoms with van der Waals surface area (Å²) in [7, 11) is -2.19. The van der Waals surface area contributed by atoms with Crippen molar-refractivity contribution in [2.75, 3.05) is 18.9 Å². The molecule has 1 rings (SSSR count). The van der Waals surface area contributed by atoms with E-state index in [1.165, 1.54) is 12.1 Å². The summed E-state index contributed by atoms with van der Waals surface area (Å²) in [5, 5.41) is 21.7. The number of nitrogens with one attached hydrogen (secondary N) is 2. The molecule has 0 aliphatic heterocycles. The number of nitro benzene ring substituents is 1. The largest absolute Gasteiger partial charge is 0.378 e. The molecule has 19 heavy (non-hydrogen) atoms. The van der Waals surface area contributed by atoms with E-state index in [-0.39, 0.29) is 22.3 Å². The second-order valence-electron chi connectivity index (χ2n) is 4.05. The lowest BCUT2D eigenvalue weighted by Gasteiger charge is -2.13.